The molecule has 1 aromatic rings. The molecule has 1 heterocycles. The van der Waals surface area contributed by atoms with Gasteiger partial charge in [-0.3, -0.25) is 9.69 Å². The minimum Gasteiger partial charge on any atom is -0.395 e. The van der Waals surface area contributed by atoms with E-state index in [-0.39, 0.29) is 24.2 Å². The van der Waals surface area contributed by atoms with Gasteiger partial charge in [-0.1, -0.05) is 12.1 Å². The minimum atomic E-state index is -0.225. The third-order valence-corrected chi connectivity index (χ3v) is 3.58. The molecular weight excluding hydrogens is 259 g/mol. The molecule has 0 radical (unpaired) electrons. The number of piperidine rings is 1. The number of halogens is 1. The molecule has 0 saturated carbocycles. The van der Waals surface area contributed by atoms with Crippen molar-refractivity contribution in [3.8, 4) is 0 Å². The van der Waals surface area contributed by atoms with Crippen molar-refractivity contribution in [2.45, 2.75) is 19.4 Å². The van der Waals surface area contributed by atoms with Crippen LogP contribution in [-0.4, -0.2) is 42.2 Å². The molecule has 0 aromatic heterocycles. The van der Waals surface area contributed by atoms with Crippen molar-refractivity contribution >= 4 is 5.91 Å². The first-order valence-corrected chi connectivity index (χ1v) is 7.04. The Kier molecular flexibility index (Phi) is 5.49. The van der Waals surface area contributed by atoms with E-state index in [1.165, 1.54) is 12.1 Å². The van der Waals surface area contributed by atoms with E-state index in [9.17, 15) is 9.18 Å². The second-order valence-electron chi connectivity index (χ2n) is 5.22. The number of aliphatic hydroxyl groups is 1. The molecule has 20 heavy (non-hydrogen) atoms. The molecule has 1 aliphatic heterocycles. The van der Waals surface area contributed by atoms with E-state index in [1.807, 2.05) is 6.07 Å². The van der Waals surface area contributed by atoms with E-state index < -0.39 is 0 Å². The van der Waals surface area contributed by atoms with Gasteiger partial charge in [0.1, 0.15) is 5.82 Å². The van der Waals surface area contributed by atoms with Gasteiger partial charge in [-0.25, -0.2) is 4.39 Å². The van der Waals surface area contributed by atoms with E-state index in [0.717, 1.165) is 24.9 Å². The van der Waals surface area contributed by atoms with Crippen molar-refractivity contribution in [2.24, 2.45) is 5.92 Å². The maximum Gasteiger partial charge on any atom is 0.224 e. The number of nitrogens with zero attached hydrogens (tertiary/aromatic N) is 1. The molecule has 2 N–H and O–H groups in total. The summed E-state index contributed by atoms with van der Waals surface area (Å²) in [4.78, 5) is 14.1. The molecule has 1 aliphatic rings. The van der Waals surface area contributed by atoms with Crippen LogP contribution < -0.4 is 5.32 Å². The molecule has 1 atom stereocenters. The summed E-state index contributed by atoms with van der Waals surface area (Å²) in [6.45, 7) is 2.56. The molecule has 1 aromatic carbocycles. The van der Waals surface area contributed by atoms with Gasteiger partial charge in [0.05, 0.1) is 12.5 Å². The average Bonchev–Trinajstić information content (AvgIpc) is 2.45. The molecule has 110 valence electrons. The first kappa shape index (κ1) is 14.9. The zero-order valence-electron chi connectivity index (χ0n) is 11.5. The van der Waals surface area contributed by atoms with Crippen LogP contribution in [0.4, 0.5) is 4.39 Å². The summed E-state index contributed by atoms with van der Waals surface area (Å²) in [6.07, 6.45) is 1.84. The van der Waals surface area contributed by atoms with Crippen LogP contribution >= 0.6 is 0 Å². The number of likely N-dealkylation sites (tertiary alicyclic amines) is 1. The van der Waals surface area contributed by atoms with Gasteiger partial charge < -0.3 is 10.4 Å². The quantitative estimate of drug-likeness (QED) is 0.850. The van der Waals surface area contributed by atoms with Gasteiger partial charge in [-0.15, -0.1) is 0 Å². The fourth-order valence-corrected chi connectivity index (χ4v) is 2.63. The maximum atomic E-state index is 13.2. The molecule has 1 amide bonds. The van der Waals surface area contributed by atoms with Crippen molar-refractivity contribution in [3.05, 3.63) is 35.6 Å². The summed E-state index contributed by atoms with van der Waals surface area (Å²) in [7, 11) is 0. The van der Waals surface area contributed by atoms with Crippen molar-refractivity contribution in [1.82, 2.24) is 10.2 Å². The average molecular weight is 280 g/mol. The largest absolute Gasteiger partial charge is 0.395 e. The highest BCUT2D eigenvalue weighted by Gasteiger charge is 2.25. The summed E-state index contributed by atoms with van der Waals surface area (Å²) in [5.74, 6) is -0.261. The maximum absolute atomic E-state index is 13.2. The topological polar surface area (TPSA) is 52.6 Å². The van der Waals surface area contributed by atoms with Crippen LogP contribution in [0.3, 0.4) is 0 Å². The van der Waals surface area contributed by atoms with Crippen LogP contribution in [0.5, 0.6) is 0 Å². The fraction of sp³-hybridized carbons (Fsp3) is 0.533. The van der Waals surface area contributed by atoms with Crippen LogP contribution in [0.1, 0.15) is 18.4 Å². The number of carbonyl (C=O) groups excluding carboxylic acids is 1. The second kappa shape index (κ2) is 7.36. The van der Waals surface area contributed by atoms with Crippen LogP contribution in [0.2, 0.25) is 0 Å². The van der Waals surface area contributed by atoms with Gasteiger partial charge in [0, 0.05) is 19.6 Å². The van der Waals surface area contributed by atoms with Gasteiger partial charge >= 0.3 is 0 Å². The molecule has 4 nitrogen and oxygen atoms in total. The number of hydrogen-bond acceptors (Lipinski definition) is 3. The normalized spacial score (nSPS) is 19.8. The number of amides is 1. The molecule has 1 saturated heterocycles. The summed E-state index contributed by atoms with van der Waals surface area (Å²) in [6, 6.07) is 6.58. The van der Waals surface area contributed by atoms with Crippen molar-refractivity contribution in [1.29, 1.82) is 0 Å². The lowest BCUT2D eigenvalue weighted by atomic mass is 9.96. The Morgan fingerprint density at radius 1 is 1.50 bits per heavy atom. The van der Waals surface area contributed by atoms with Crippen molar-refractivity contribution < 1.29 is 14.3 Å². The second-order valence-corrected chi connectivity index (χ2v) is 5.22. The zero-order chi connectivity index (χ0) is 14.4. The third kappa shape index (κ3) is 4.28. The van der Waals surface area contributed by atoms with Crippen molar-refractivity contribution in [3.63, 3.8) is 0 Å². The minimum absolute atomic E-state index is 0.00277. The summed E-state index contributed by atoms with van der Waals surface area (Å²) < 4.78 is 13.2. The highest BCUT2D eigenvalue weighted by atomic mass is 19.1. The summed E-state index contributed by atoms with van der Waals surface area (Å²) >= 11 is 0. The molecule has 0 spiro atoms. The Balaban J connectivity index is 1.88. The van der Waals surface area contributed by atoms with E-state index >= 15 is 0 Å². The van der Waals surface area contributed by atoms with E-state index in [1.54, 1.807) is 6.07 Å². The third-order valence-electron chi connectivity index (χ3n) is 3.58. The Hall–Kier alpha value is -1.46. The van der Waals surface area contributed by atoms with E-state index in [0.29, 0.717) is 19.6 Å². The molecule has 1 fully saturated rings. The molecular formula is C15H21FN2O2. The van der Waals surface area contributed by atoms with Gasteiger partial charge in [-0.05, 0) is 37.1 Å². The Labute approximate surface area is 118 Å². The lowest BCUT2D eigenvalue weighted by molar-refractivity contribution is -0.126. The Bertz CT molecular complexity index is 453. The molecule has 2 rings (SSSR count). The number of benzene rings is 1. The highest BCUT2D eigenvalue weighted by molar-refractivity contribution is 5.78. The predicted molar refractivity (Wildman–Crippen MR) is 74.5 cm³/mol. The smallest absolute Gasteiger partial charge is 0.224 e. The van der Waals surface area contributed by atoms with E-state index in [2.05, 4.69) is 10.2 Å². The van der Waals surface area contributed by atoms with Gasteiger partial charge in [0.25, 0.3) is 0 Å². The lowest BCUT2D eigenvalue weighted by Gasteiger charge is -2.32. The number of hydrogen-bond donors (Lipinski definition) is 2. The van der Waals surface area contributed by atoms with Gasteiger partial charge in [-0.2, -0.15) is 0 Å². The number of rotatable bonds is 5. The molecule has 5 heteroatoms. The molecule has 0 aliphatic carbocycles. The highest BCUT2D eigenvalue weighted by Crippen LogP contribution is 2.19. The predicted octanol–water partition coefficient (Wildman–Crippen LogP) is 1.15. The van der Waals surface area contributed by atoms with Crippen LogP contribution in [0.25, 0.3) is 0 Å². The standard InChI is InChI=1S/C15H21FN2O2/c16-14-5-1-3-12(9-14)10-18-7-2-4-13(11-18)15(20)17-6-8-19/h1,3,5,9,13,19H,2,4,6-8,10-11H2,(H,17,20). The first-order valence-electron chi connectivity index (χ1n) is 7.04. The number of carbonyl (C=O) groups is 1. The molecule has 0 bridgehead atoms. The lowest BCUT2D eigenvalue weighted by Crippen LogP contribution is -2.43. The zero-order valence-corrected chi connectivity index (χ0v) is 11.5. The van der Waals surface area contributed by atoms with Gasteiger partial charge in [0.2, 0.25) is 5.91 Å². The number of aliphatic hydroxyl groups excluding tert-OH is 1. The van der Waals surface area contributed by atoms with E-state index in [4.69, 9.17) is 5.11 Å². The van der Waals surface area contributed by atoms with Gasteiger partial charge in [0.15, 0.2) is 0 Å². The SMILES string of the molecule is O=C(NCCO)C1CCCN(Cc2cccc(F)c2)C1. The fourth-order valence-electron chi connectivity index (χ4n) is 2.63. The first-order chi connectivity index (χ1) is 9.69. The Morgan fingerprint density at radius 2 is 2.35 bits per heavy atom. The van der Waals surface area contributed by atoms with Crippen LogP contribution in [0, 0.1) is 11.7 Å². The van der Waals surface area contributed by atoms with Crippen LogP contribution in [-0.2, 0) is 11.3 Å². The summed E-state index contributed by atoms with van der Waals surface area (Å²) in [5, 5.41) is 11.4. The van der Waals surface area contributed by atoms with Crippen molar-refractivity contribution in [2.75, 3.05) is 26.2 Å². The number of nitrogens with one attached hydrogen (secondary N) is 1. The monoisotopic (exact) mass is 280 g/mol. The summed E-state index contributed by atoms with van der Waals surface area (Å²) in [5.41, 5.74) is 0.932. The van der Waals surface area contributed by atoms with Crippen LogP contribution in [0.15, 0.2) is 24.3 Å². The Morgan fingerprint density at radius 3 is 3.10 bits per heavy atom. The molecule has 1 unspecified atom stereocenters.